The van der Waals surface area contributed by atoms with Gasteiger partial charge in [-0.1, -0.05) is 56.1 Å². The van der Waals surface area contributed by atoms with Gasteiger partial charge in [-0.2, -0.15) is 0 Å². The highest BCUT2D eigenvalue weighted by Gasteiger charge is 2.14. The minimum atomic E-state index is -0.301. The molecule has 0 saturated carbocycles. The van der Waals surface area contributed by atoms with E-state index in [-0.39, 0.29) is 25.0 Å². The van der Waals surface area contributed by atoms with E-state index in [1.165, 1.54) is 0 Å². The molecule has 4 aromatic rings. The molecule has 0 aliphatic heterocycles. The van der Waals surface area contributed by atoms with Gasteiger partial charge in [-0.15, -0.1) is 0 Å². The van der Waals surface area contributed by atoms with E-state index in [1.807, 2.05) is 74.5 Å². The number of halogens is 4. The van der Waals surface area contributed by atoms with Crippen LogP contribution in [0.15, 0.2) is 78.6 Å². The summed E-state index contributed by atoms with van der Waals surface area (Å²) in [6.45, 7) is 3.51. The van der Waals surface area contributed by atoms with Gasteiger partial charge in [0.05, 0.1) is 8.95 Å². The van der Waals surface area contributed by atoms with Crippen molar-refractivity contribution in [3.05, 3.63) is 89.7 Å². The van der Waals surface area contributed by atoms with E-state index in [0.717, 1.165) is 39.8 Å². The maximum atomic E-state index is 12.7. The Labute approximate surface area is 254 Å². The summed E-state index contributed by atoms with van der Waals surface area (Å²) in [6, 6.07) is 18.6. The predicted molar refractivity (Wildman–Crippen MR) is 165 cm³/mol. The molecule has 0 aliphatic rings. The van der Waals surface area contributed by atoms with Crippen LogP contribution in [0.4, 0.5) is 11.4 Å². The second-order valence-corrected chi connectivity index (χ2v) is 12.0. The van der Waals surface area contributed by atoms with E-state index < -0.39 is 0 Å². The molecule has 0 unspecified atom stereocenters. The van der Waals surface area contributed by atoms with Gasteiger partial charge in [-0.3, -0.25) is 9.59 Å². The Kier molecular flexibility index (Phi) is 9.51. The van der Waals surface area contributed by atoms with Crippen molar-refractivity contribution in [1.82, 2.24) is 0 Å². The molecule has 0 atom stereocenters. The molecule has 0 aliphatic carbocycles. The van der Waals surface area contributed by atoms with Crippen LogP contribution < -0.4 is 20.1 Å². The van der Waals surface area contributed by atoms with Crippen molar-refractivity contribution in [3.8, 4) is 11.5 Å². The fourth-order valence-electron chi connectivity index (χ4n) is 3.92. The van der Waals surface area contributed by atoms with E-state index in [4.69, 9.17) is 9.47 Å². The van der Waals surface area contributed by atoms with Crippen molar-refractivity contribution in [1.29, 1.82) is 0 Å². The van der Waals surface area contributed by atoms with Crippen LogP contribution >= 0.6 is 63.7 Å². The quantitative estimate of drug-likeness (QED) is 0.189. The molecule has 0 aromatic heterocycles. The fraction of sp³-hybridized carbons (Fsp3) is 0.143. The molecule has 0 saturated heterocycles. The number of nitrogens with one attached hydrogen (secondary N) is 2. The van der Waals surface area contributed by atoms with Crippen LogP contribution in [0.3, 0.4) is 0 Å². The zero-order chi connectivity index (χ0) is 27.4. The van der Waals surface area contributed by atoms with Crippen molar-refractivity contribution in [2.75, 3.05) is 23.8 Å². The topological polar surface area (TPSA) is 76.7 Å². The minimum Gasteiger partial charge on any atom is -0.482 e. The number of fused-ring (bicyclic) bond motifs is 1. The lowest BCUT2D eigenvalue weighted by Crippen LogP contribution is -2.21. The van der Waals surface area contributed by atoms with Gasteiger partial charge in [-0.05, 0) is 93.2 Å². The van der Waals surface area contributed by atoms with E-state index >= 15 is 0 Å². The summed E-state index contributed by atoms with van der Waals surface area (Å²) >= 11 is 13.8. The average molecular weight is 770 g/mol. The molecule has 0 spiro atoms. The summed E-state index contributed by atoms with van der Waals surface area (Å²) in [4.78, 5) is 25.4. The number of hydrogen-bond donors (Lipinski definition) is 2. The summed E-state index contributed by atoms with van der Waals surface area (Å²) < 4.78 is 14.9. The van der Waals surface area contributed by atoms with Gasteiger partial charge in [0.25, 0.3) is 11.8 Å². The Morgan fingerprint density at radius 1 is 0.658 bits per heavy atom. The Hall–Kier alpha value is -2.40. The fourth-order valence-corrected chi connectivity index (χ4v) is 7.03. The SMILES string of the molecule is Cc1cc(Br)cc(Br)c1OCC(=O)Nc1cccc2c(NC(=O)COc3c(C)cc(Br)cc3Br)cccc12. The molecule has 0 bridgehead atoms. The van der Waals surface area contributed by atoms with Crippen LogP contribution in [-0.2, 0) is 9.59 Å². The number of amides is 2. The van der Waals surface area contributed by atoms with Gasteiger partial charge in [0.2, 0.25) is 0 Å². The van der Waals surface area contributed by atoms with Crippen LogP contribution in [0.1, 0.15) is 11.1 Å². The van der Waals surface area contributed by atoms with E-state index in [9.17, 15) is 9.59 Å². The number of ether oxygens (including phenoxy) is 2. The Morgan fingerprint density at radius 3 is 1.42 bits per heavy atom. The summed E-state index contributed by atoms with van der Waals surface area (Å²) in [5.41, 5.74) is 3.03. The summed E-state index contributed by atoms with van der Waals surface area (Å²) in [5.74, 6) is 0.618. The molecule has 10 heteroatoms. The number of anilines is 2. The number of hydrogen-bond acceptors (Lipinski definition) is 4. The first kappa shape index (κ1) is 28.6. The maximum Gasteiger partial charge on any atom is 0.262 e. The molecule has 0 heterocycles. The third kappa shape index (κ3) is 6.97. The zero-order valence-corrected chi connectivity index (χ0v) is 26.7. The second-order valence-electron chi connectivity index (χ2n) is 8.45. The standard InChI is InChI=1S/C28H22Br4N2O4/c1-15-9-17(29)11-21(31)27(15)37-13-25(35)33-23-7-3-6-20-19(23)5-4-8-24(20)34-26(36)14-38-28-16(2)10-18(30)12-22(28)32/h3-12H,13-14H2,1-2H3,(H,33,35)(H,34,36). The number of carbonyl (C=O) groups is 2. The average Bonchev–Trinajstić information content (AvgIpc) is 2.83. The highest BCUT2D eigenvalue weighted by atomic mass is 79.9. The lowest BCUT2D eigenvalue weighted by atomic mass is 10.1. The number of aryl methyl sites for hydroxylation is 2. The van der Waals surface area contributed by atoms with Crippen molar-refractivity contribution in [2.24, 2.45) is 0 Å². The van der Waals surface area contributed by atoms with Gasteiger partial charge in [0.15, 0.2) is 13.2 Å². The van der Waals surface area contributed by atoms with E-state index in [0.29, 0.717) is 22.9 Å². The van der Waals surface area contributed by atoms with Gasteiger partial charge >= 0.3 is 0 Å². The van der Waals surface area contributed by atoms with E-state index in [2.05, 4.69) is 74.4 Å². The molecule has 6 nitrogen and oxygen atoms in total. The first-order chi connectivity index (χ1) is 18.1. The van der Waals surface area contributed by atoms with Crippen LogP contribution in [0, 0.1) is 13.8 Å². The molecule has 4 rings (SSSR count). The van der Waals surface area contributed by atoms with Gasteiger partial charge in [0.1, 0.15) is 11.5 Å². The highest BCUT2D eigenvalue weighted by molar-refractivity contribution is 9.11. The molecule has 2 N–H and O–H groups in total. The third-order valence-corrected chi connectivity index (χ3v) is 7.65. The lowest BCUT2D eigenvalue weighted by molar-refractivity contribution is -0.118. The van der Waals surface area contributed by atoms with Crippen molar-refractivity contribution in [2.45, 2.75) is 13.8 Å². The largest absolute Gasteiger partial charge is 0.482 e. The molecule has 38 heavy (non-hydrogen) atoms. The molecule has 0 fully saturated rings. The normalized spacial score (nSPS) is 10.8. The van der Waals surface area contributed by atoms with Crippen LogP contribution in [0.25, 0.3) is 10.8 Å². The van der Waals surface area contributed by atoms with Crippen LogP contribution in [-0.4, -0.2) is 25.0 Å². The van der Waals surface area contributed by atoms with Crippen molar-refractivity contribution in [3.63, 3.8) is 0 Å². The second kappa shape index (κ2) is 12.6. The molecule has 4 aromatic carbocycles. The summed E-state index contributed by atoms with van der Waals surface area (Å²) in [7, 11) is 0. The third-order valence-electron chi connectivity index (χ3n) is 5.55. The Morgan fingerprint density at radius 2 is 1.05 bits per heavy atom. The Balaban J connectivity index is 1.44. The van der Waals surface area contributed by atoms with Crippen LogP contribution in [0.5, 0.6) is 11.5 Å². The van der Waals surface area contributed by atoms with Crippen molar-refractivity contribution < 1.29 is 19.1 Å². The molecule has 2 amide bonds. The monoisotopic (exact) mass is 766 g/mol. The highest BCUT2D eigenvalue weighted by Crippen LogP contribution is 2.34. The number of rotatable bonds is 8. The smallest absolute Gasteiger partial charge is 0.262 e. The van der Waals surface area contributed by atoms with Gasteiger partial charge in [-0.25, -0.2) is 0 Å². The van der Waals surface area contributed by atoms with Crippen LogP contribution in [0.2, 0.25) is 0 Å². The minimum absolute atomic E-state index is 0.156. The number of carbonyl (C=O) groups excluding carboxylic acids is 2. The number of benzene rings is 4. The Bertz CT molecular complexity index is 1380. The lowest BCUT2D eigenvalue weighted by Gasteiger charge is -2.15. The molecular weight excluding hydrogens is 748 g/mol. The first-order valence-corrected chi connectivity index (χ1v) is 14.6. The van der Waals surface area contributed by atoms with E-state index in [1.54, 1.807) is 0 Å². The maximum absolute atomic E-state index is 12.7. The molecule has 0 radical (unpaired) electrons. The summed E-state index contributed by atoms with van der Waals surface area (Å²) in [6.07, 6.45) is 0. The van der Waals surface area contributed by atoms with Gasteiger partial charge < -0.3 is 20.1 Å². The first-order valence-electron chi connectivity index (χ1n) is 11.4. The van der Waals surface area contributed by atoms with Crippen molar-refractivity contribution >= 4 is 97.7 Å². The zero-order valence-electron chi connectivity index (χ0n) is 20.3. The summed E-state index contributed by atoms with van der Waals surface area (Å²) in [5, 5.41) is 7.40. The van der Waals surface area contributed by atoms with Gasteiger partial charge in [0, 0.05) is 31.1 Å². The predicted octanol–water partition coefficient (Wildman–Crippen LogP) is 8.54. The molecular formula is C28H22Br4N2O4. The molecule has 196 valence electrons.